The molecule has 0 fully saturated rings. The molecule has 0 aliphatic rings. The molecular formula is C10H12BrFN2O. The Morgan fingerprint density at radius 2 is 2.20 bits per heavy atom. The van der Waals surface area contributed by atoms with Gasteiger partial charge >= 0.3 is 0 Å². The number of primary amides is 1. The summed E-state index contributed by atoms with van der Waals surface area (Å²) in [5.74, 6) is -1.09. The number of hydrogen-bond donors (Lipinski definition) is 2. The van der Waals surface area contributed by atoms with E-state index in [4.69, 9.17) is 5.73 Å². The molecule has 3 N–H and O–H groups in total. The Morgan fingerprint density at radius 1 is 1.60 bits per heavy atom. The lowest BCUT2D eigenvalue weighted by Gasteiger charge is -2.26. The van der Waals surface area contributed by atoms with Gasteiger partial charge in [0.15, 0.2) is 0 Å². The Balaban J connectivity index is 3.35. The van der Waals surface area contributed by atoms with E-state index < -0.39 is 17.3 Å². The second-order valence-corrected chi connectivity index (χ2v) is 4.28. The third-order valence-corrected chi connectivity index (χ3v) is 2.95. The summed E-state index contributed by atoms with van der Waals surface area (Å²) in [7, 11) is 1.56. The average molecular weight is 275 g/mol. The number of likely N-dealkylation sites (N-methyl/N-ethyl adjacent to an activating group) is 1. The van der Waals surface area contributed by atoms with Crippen LogP contribution in [0, 0.1) is 5.82 Å². The van der Waals surface area contributed by atoms with E-state index in [0.717, 1.165) is 0 Å². The van der Waals surface area contributed by atoms with E-state index in [1.165, 1.54) is 12.1 Å². The molecule has 1 amide bonds. The first-order valence-corrected chi connectivity index (χ1v) is 5.15. The third kappa shape index (κ3) is 2.18. The maximum absolute atomic E-state index is 13.5. The van der Waals surface area contributed by atoms with Crippen LogP contribution < -0.4 is 11.1 Å². The number of nitrogens with one attached hydrogen (secondary N) is 1. The Hall–Kier alpha value is -0.940. The Morgan fingerprint density at radius 3 is 2.67 bits per heavy atom. The summed E-state index contributed by atoms with van der Waals surface area (Å²) < 4.78 is 14.2. The Bertz CT molecular complexity index is 397. The molecule has 3 nitrogen and oxygen atoms in total. The number of nitrogens with two attached hydrogens (primary N) is 1. The van der Waals surface area contributed by atoms with Crippen molar-refractivity contribution in [1.29, 1.82) is 0 Å². The van der Waals surface area contributed by atoms with E-state index in [1.807, 2.05) is 0 Å². The molecule has 1 aromatic rings. The highest BCUT2D eigenvalue weighted by molar-refractivity contribution is 9.10. The zero-order valence-electron chi connectivity index (χ0n) is 8.47. The van der Waals surface area contributed by atoms with E-state index in [9.17, 15) is 9.18 Å². The molecule has 0 aromatic heterocycles. The van der Waals surface area contributed by atoms with Crippen LogP contribution in [0.4, 0.5) is 4.39 Å². The standard InChI is InChI=1S/C10H12BrFN2O/c1-10(14-2,9(13)15)7-5-6(11)3-4-8(7)12/h3-5,14H,1-2H3,(H2,13,15). The Kier molecular flexibility index (Phi) is 3.46. The first-order chi connectivity index (χ1) is 6.91. The second kappa shape index (κ2) is 4.28. The van der Waals surface area contributed by atoms with Crippen LogP contribution >= 0.6 is 15.9 Å². The second-order valence-electron chi connectivity index (χ2n) is 3.36. The van der Waals surface area contributed by atoms with Crippen LogP contribution in [0.5, 0.6) is 0 Å². The van der Waals surface area contributed by atoms with Crippen molar-refractivity contribution in [2.45, 2.75) is 12.5 Å². The van der Waals surface area contributed by atoms with Crippen molar-refractivity contribution >= 4 is 21.8 Å². The van der Waals surface area contributed by atoms with Crippen molar-refractivity contribution in [3.63, 3.8) is 0 Å². The molecule has 0 radical (unpaired) electrons. The van der Waals surface area contributed by atoms with Crippen molar-refractivity contribution in [3.8, 4) is 0 Å². The molecule has 0 heterocycles. The predicted molar refractivity (Wildman–Crippen MR) is 59.7 cm³/mol. The van der Waals surface area contributed by atoms with Crippen LogP contribution in [0.25, 0.3) is 0 Å². The van der Waals surface area contributed by atoms with Gasteiger partial charge in [-0.1, -0.05) is 15.9 Å². The fourth-order valence-corrected chi connectivity index (χ4v) is 1.63. The van der Waals surface area contributed by atoms with E-state index in [2.05, 4.69) is 21.2 Å². The molecule has 0 aliphatic heterocycles. The fourth-order valence-electron chi connectivity index (χ4n) is 1.27. The number of carbonyl (C=O) groups is 1. The SMILES string of the molecule is CNC(C)(C(N)=O)c1cc(Br)ccc1F. The normalized spacial score (nSPS) is 14.7. The molecule has 0 bridgehead atoms. The zero-order valence-corrected chi connectivity index (χ0v) is 10.1. The molecule has 5 heteroatoms. The molecule has 1 rings (SSSR count). The van der Waals surface area contributed by atoms with Gasteiger partial charge in [0.05, 0.1) is 0 Å². The van der Waals surface area contributed by atoms with Gasteiger partial charge in [-0.25, -0.2) is 4.39 Å². The number of rotatable bonds is 3. The van der Waals surface area contributed by atoms with Gasteiger partial charge in [0, 0.05) is 10.0 Å². The van der Waals surface area contributed by atoms with Gasteiger partial charge in [0.25, 0.3) is 0 Å². The lowest BCUT2D eigenvalue weighted by Crippen LogP contribution is -2.49. The number of amides is 1. The summed E-state index contributed by atoms with van der Waals surface area (Å²) in [6.45, 7) is 1.54. The Labute approximate surface area is 96.0 Å². The topological polar surface area (TPSA) is 55.1 Å². The molecule has 0 saturated heterocycles. The van der Waals surface area contributed by atoms with E-state index in [0.29, 0.717) is 4.47 Å². The minimum Gasteiger partial charge on any atom is -0.368 e. The summed E-state index contributed by atoms with van der Waals surface area (Å²) in [5.41, 5.74) is 4.28. The minimum absolute atomic E-state index is 0.229. The van der Waals surface area contributed by atoms with Gasteiger partial charge in [-0.05, 0) is 32.2 Å². The summed E-state index contributed by atoms with van der Waals surface area (Å²) >= 11 is 3.22. The van der Waals surface area contributed by atoms with E-state index >= 15 is 0 Å². The molecule has 1 unspecified atom stereocenters. The molecular weight excluding hydrogens is 263 g/mol. The maximum Gasteiger partial charge on any atom is 0.242 e. The van der Waals surface area contributed by atoms with Crippen molar-refractivity contribution in [3.05, 3.63) is 34.1 Å². The van der Waals surface area contributed by atoms with Crippen LogP contribution in [0.2, 0.25) is 0 Å². The van der Waals surface area contributed by atoms with E-state index in [1.54, 1.807) is 20.0 Å². The van der Waals surface area contributed by atoms with Gasteiger partial charge in [-0.2, -0.15) is 0 Å². The fraction of sp³-hybridized carbons (Fsp3) is 0.300. The molecule has 15 heavy (non-hydrogen) atoms. The molecule has 0 saturated carbocycles. The highest BCUT2D eigenvalue weighted by atomic mass is 79.9. The monoisotopic (exact) mass is 274 g/mol. The smallest absolute Gasteiger partial charge is 0.242 e. The molecule has 1 atom stereocenters. The number of halogens is 2. The number of carbonyl (C=O) groups excluding carboxylic acids is 1. The minimum atomic E-state index is -1.20. The van der Waals surface area contributed by atoms with Crippen LogP contribution in [0.15, 0.2) is 22.7 Å². The molecule has 0 spiro atoms. The highest BCUT2D eigenvalue weighted by Crippen LogP contribution is 2.26. The zero-order chi connectivity index (χ0) is 11.6. The predicted octanol–water partition coefficient (Wildman–Crippen LogP) is 1.51. The number of hydrogen-bond acceptors (Lipinski definition) is 2. The van der Waals surface area contributed by atoms with Crippen LogP contribution in [0.1, 0.15) is 12.5 Å². The lowest BCUT2D eigenvalue weighted by atomic mass is 9.91. The van der Waals surface area contributed by atoms with Crippen molar-refractivity contribution in [2.75, 3.05) is 7.05 Å². The maximum atomic E-state index is 13.5. The van der Waals surface area contributed by atoms with Crippen molar-refractivity contribution < 1.29 is 9.18 Å². The van der Waals surface area contributed by atoms with E-state index in [-0.39, 0.29) is 5.56 Å². The quantitative estimate of drug-likeness (QED) is 0.878. The third-order valence-electron chi connectivity index (χ3n) is 2.46. The summed E-state index contributed by atoms with van der Waals surface area (Å²) in [6, 6.07) is 4.39. The molecule has 1 aromatic carbocycles. The largest absolute Gasteiger partial charge is 0.368 e. The average Bonchev–Trinajstić information content (AvgIpc) is 2.20. The van der Waals surface area contributed by atoms with Crippen LogP contribution in [-0.4, -0.2) is 13.0 Å². The van der Waals surface area contributed by atoms with Gasteiger partial charge in [-0.3, -0.25) is 4.79 Å². The van der Waals surface area contributed by atoms with Crippen LogP contribution in [0.3, 0.4) is 0 Å². The highest BCUT2D eigenvalue weighted by Gasteiger charge is 2.33. The van der Waals surface area contributed by atoms with Crippen molar-refractivity contribution in [2.24, 2.45) is 5.73 Å². The summed E-state index contributed by atoms with van der Waals surface area (Å²) in [5, 5.41) is 2.73. The number of benzene rings is 1. The molecule has 82 valence electrons. The summed E-state index contributed by atoms with van der Waals surface area (Å²) in [6.07, 6.45) is 0. The van der Waals surface area contributed by atoms with Gasteiger partial charge < -0.3 is 11.1 Å². The first kappa shape index (κ1) is 12.1. The summed E-state index contributed by atoms with van der Waals surface area (Å²) in [4.78, 5) is 11.3. The van der Waals surface area contributed by atoms with Gasteiger partial charge in [0.1, 0.15) is 11.4 Å². The molecule has 0 aliphatic carbocycles. The first-order valence-electron chi connectivity index (χ1n) is 4.36. The van der Waals surface area contributed by atoms with Crippen LogP contribution in [-0.2, 0) is 10.3 Å². The van der Waals surface area contributed by atoms with Gasteiger partial charge in [0.2, 0.25) is 5.91 Å². The van der Waals surface area contributed by atoms with Crippen molar-refractivity contribution in [1.82, 2.24) is 5.32 Å². The van der Waals surface area contributed by atoms with Gasteiger partial charge in [-0.15, -0.1) is 0 Å². The lowest BCUT2D eigenvalue weighted by molar-refractivity contribution is -0.124.